The average molecular weight is 274 g/mol. The van der Waals surface area contributed by atoms with Crippen molar-refractivity contribution in [2.75, 3.05) is 5.32 Å². The molecule has 1 amide bonds. The van der Waals surface area contributed by atoms with Gasteiger partial charge in [-0.1, -0.05) is 0 Å². The molecule has 20 heavy (non-hydrogen) atoms. The minimum absolute atomic E-state index is 0.105. The van der Waals surface area contributed by atoms with Crippen LogP contribution >= 0.6 is 0 Å². The van der Waals surface area contributed by atoms with E-state index in [2.05, 4.69) is 15.5 Å². The van der Waals surface area contributed by atoms with Crippen LogP contribution in [0, 0.1) is 6.92 Å². The molecule has 1 aromatic carbocycles. The van der Waals surface area contributed by atoms with Gasteiger partial charge in [0.2, 0.25) is 18.2 Å². The van der Waals surface area contributed by atoms with Gasteiger partial charge in [0.15, 0.2) is 0 Å². The smallest absolute Gasteiger partial charge is 0.247 e. The molecule has 6 nitrogen and oxygen atoms in total. The van der Waals surface area contributed by atoms with Gasteiger partial charge < -0.3 is 15.5 Å². The van der Waals surface area contributed by atoms with Crippen LogP contribution in [0.15, 0.2) is 29.0 Å². The number of carbonyl (C=O) groups excluding carboxylic acids is 1. The summed E-state index contributed by atoms with van der Waals surface area (Å²) in [6.07, 6.45) is 1.54. The zero-order valence-corrected chi connectivity index (χ0v) is 11.8. The summed E-state index contributed by atoms with van der Waals surface area (Å²) in [6.45, 7) is 5.54. The summed E-state index contributed by atoms with van der Waals surface area (Å²) in [5, 5.41) is 10.3. The number of hydrogen-bond acceptors (Lipinski definition) is 5. The summed E-state index contributed by atoms with van der Waals surface area (Å²) in [5.74, 6) is 0.347. The lowest BCUT2D eigenvalue weighted by Gasteiger charge is -2.18. The number of anilines is 1. The van der Waals surface area contributed by atoms with Crippen LogP contribution in [0.25, 0.3) is 11.5 Å². The number of aryl methyl sites for hydroxylation is 1. The second-order valence-corrected chi connectivity index (χ2v) is 5.49. The van der Waals surface area contributed by atoms with Gasteiger partial charge >= 0.3 is 0 Å². The standard InChI is InChI=1S/C14H18N4O2/c1-9-6-10(13-18-16-8-20-13)4-5-11(9)17-12(19)7-14(2,3)15/h4-6,8H,7,15H2,1-3H3,(H,17,19). The second-order valence-electron chi connectivity index (χ2n) is 5.49. The Morgan fingerprint density at radius 2 is 2.20 bits per heavy atom. The maximum absolute atomic E-state index is 11.9. The molecule has 1 aromatic heterocycles. The van der Waals surface area contributed by atoms with Crippen molar-refractivity contribution in [2.45, 2.75) is 32.7 Å². The molecule has 0 saturated carbocycles. The molecule has 6 heteroatoms. The first-order chi connectivity index (χ1) is 9.35. The first-order valence-corrected chi connectivity index (χ1v) is 6.31. The Morgan fingerprint density at radius 3 is 2.75 bits per heavy atom. The van der Waals surface area contributed by atoms with Gasteiger partial charge in [0.05, 0.1) is 0 Å². The SMILES string of the molecule is Cc1cc(-c2nnco2)ccc1NC(=O)CC(C)(C)N. The van der Waals surface area contributed by atoms with E-state index < -0.39 is 5.54 Å². The van der Waals surface area contributed by atoms with E-state index in [-0.39, 0.29) is 12.3 Å². The number of nitrogens with one attached hydrogen (secondary N) is 1. The predicted molar refractivity (Wildman–Crippen MR) is 76.0 cm³/mol. The molecular weight excluding hydrogens is 256 g/mol. The number of benzene rings is 1. The largest absolute Gasteiger partial charge is 0.423 e. The molecule has 0 spiro atoms. The lowest BCUT2D eigenvalue weighted by atomic mass is 10.0. The highest BCUT2D eigenvalue weighted by Gasteiger charge is 2.17. The minimum atomic E-state index is -0.526. The summed E-state index contributed by atoms with van der Waals surface area (Å²) in [7, 11) is 0. The predicted octanol–water partition coefficient (Wildman–Crippen LogP) is 2.11. The molecule has 2 rings (SSSR count). The molecule has 0 atom stereocenters. The van der Waals surface area contributed by atoms with Crippen molar-refractivity contribution in [2.24, 2.45) is 5.73 Å². The Hall–Kier alpha value is -2.21. The summed E-state index contributed by atoms with van der Waals surface area (Å²) in [6, 6.07) is 5.52. The van der Waals surface area contributed by atoms with Crippen LogP contribution in [-0.2, 0) is 4.79 Å². The highest BCUT2D eigenvalue weighted by atomic mass is 16.4. The highest BCUT2D eigenvalue weighted by Crippen LogP contribution is 2.23. The average Bonchev–Trinajstić information content (AvgIpc) is 2.82. The summed E-state index contributed by atoms with van der Waals surface area (Å²) in [5.41, 5.74) is 7.79. The molecule has 0 aliphatic rings. The van der Waals surface area contributed by atoms with E-state index in [1.54, 1.807) is 0 Å². The normalized spacial score (nSPS) is 11.4. The fourth-order valence-corrected chi connectivity index (χ4v) is 1.84. The topological polar surface area (TPSA) is 94.0 Å². The Morgan fingerprint density at radius 1 is 1.45 bits per heavy atom. The first-order valence-electron chi connectivity index (χ1n) is 6.31. The number of hydrogen-bond donors (Lipinski definition) is 2. The van der Waals surface area contributed by atoms with Gasteiger partial charge in [-0.05, 0) is 44.5 Å². The van der Waals surface area contributed by atoms with E-state index in [1.807, 2.05) is 39.0 Å². The van der Waals surface area contributed by atoms with Crippen LogP contribution in [0.4, 0.5) is 5.69 Å². The van der Waals surface area contributed by atoms with Gasteiger partial charge in [0.1, 0.15) is 0 Å². The van der Waals surface area contributed by atoms with Crippen molar-refractivity contribution in [3.05, 3.63) is 30.2 Å². The van der Waals surface area contributed by atoms with Crippen molar-refractivity contribution < 1.29 is 9.21 Å². The van der Waals surface area contributed by atoms with E-state index in [0.29, 0.717) is 5.89 Å². The number of nitrogens with two attached hydrogens (primary N) is 1. The van der Waals surface area contributed by atoms with Gasteiger partial charge in [0, 0.05) is 23.2 Å². The van der Waals surface area contributed by atoms with Crippen molar-refractivity contribution >= 4 is 11.6 Å². The second kappa shape index (κ2) is 5.42. The van der Waals surface area contributed by atoms with Gasteiger partial charge in [0.25, 0.3) is 0 Å². The maximum atomic E-state index is 11.9. The summed E-state index contributed by atoms with van der Waals surface area (Å²) in [4.78, 5) is 11.9. The van der Waals surface area contributed by atoms with E-state index in [4.69, 9.17) is 10.2 Å². The molecule has 0 aliphatic carbocycles. The number of rotatable bonds is 4. The Kier molecular flexibility index (Phi) is 3.85. The first kappa shape index (κ1) is 14.2. The van der Waals surface area contributed by atoms with Crippen LogP contribution in [0.3, 0.4) is 0 Å². The molecule has 0 fully saturated rings. The number of nitrogens with zero attached hydrogens (tertiary/aromatic N) is 2. The van der Waals surface area contributed by atoms with Crippen molar-refractivity contribution in [3.63, 3.8) is 0 Å². The zero-order chi connectivity index (χ0) is 14.8. The summed E-state index contributed by atoms with van der Waals surface area (Å²) < 4.78 is 5.14. The molecule has 3 N–H and O–H groups in total. The molecule has 0 bridgehead atoms. The van der Waals surface area contributed by atoms with Crippen molar-refractivity contribution in [1.29, 1.82) is 0 Å². The lowest BCUT2D eigenvalue weighted by Crippen LogP contribution is -2.36. The fraction of sp³-hybridized carbons (Fsp3) is 0.357. The zero-order valence-electron chi connectivity index (χ0n) is 11.8. The van der Waals surface area contributed by atoms with Crippen LogP contribution in [0.5, 0.6) is 0 Å². The number of carbonyl (C=O) groups is 1. The van der Waals surface area contributed by atoms with Crippen molar-refractivity contribution in [1.82, 2.24) is 10.2 Å². The number of aromatic nitrogens is 2. The van der Waals surface area contributed by atoms with Gasteiger partial charge in [-0.2, -0.15) is 0 Å². The van der Waals surface area contributed by atoms with E-state index in [9.17, 15) is 4.79 Å². The van der Waals surface area contributed by atoms with Gasteiger partial charge in [-0.25, -0.2) is 0 Å². The van der Waals surface area contributed by atoms with Crippen LogP contribution < -0.4 is 11.1 Å². The molecule has 106 valence electrons. The lowest BCUT2D eigenvalue weighted by molar-refractivity contribution is -0.117. The van der Waals surface area contributed by atoms with E-state index >= 15 is 0 Å². The molecule has 0 saturated heterocycles. The molecule has 0 unspecified atom stereocenters. The highest BCUT2D eigenvalue weighted by molar-refractivity contribution is 5.92. The molecule has 0 aliphatic heterocycles. The van der Waals surface area contributed by atoms with Crippen LogP contribution in [0.2, 0.25) is 0 Å². The number of amides is 1. The molecule has 0 radical (unpaired) electrons. The van der Waals surface area contributed by atoms with Gasteiger partial charge in [-0.3, -0.25) is 4.79 Å². The Labute approximate surface area is 117 Å². The third-order valence-electron chi connectivity index (χ3n) is 2.72. The third-order valence-corrected chi connectivity index (χ3v) is 2.72. The summed E-state index contributed by atoms with van der Waals surface area (Å²) >= 11 is 0. The maximum Gasteiger partial charge on any atom is 0.247 e. The third kappa shape index (κ3) is 3.64. The van der Waals surface area contributed by atoms with Gasteiger partial charge in [-0.15, -0.1) is 10.2 Å². The molecular formula is C14H18N4O2. The van der Waals surface area contributed by atoms with Crippen LogP contribution in [-0.4, -0.2) is 21.6 Å². The van der Waals surface area contributed by atoms with Crippen LogP contribution in [0.1, 0.15) is 25.8 Å². The quantitative estimate of drug-likeness (QED) is 0.890. The Bertz CT molecular complexity index is 600. The van der Waals surface area contributed by atoms with Crippen molar-refractivity contribution in [3.8, 4) is 11.5 Å². The molecule has 1 heterocycles. The van der Waals surface area contributed by atoms with E-state index in [1.165, 1.54) is 6.39 Å². The monoisotopic (exact) mass is 274 g/mol. The minimum Gasteiger partial charge on any atom is -0.423 e. The van der Waals surface area contributed by atoms with E-state index in [0.717, 1.165) is 16.8 Å². The molecule has 2 aromatic rings. The Balaban J connectivity index is 2.13. The fourth-order valence-electron chi connectivity index (χ4n) is 1.84.